The van der Waals surface area contributed by atoms with Crippen LogP contribution in [0.1, 0.15) is 38.2 Å². The van der Waals surface area contributed by atoms with Crippen LogP contribution in [0.2, 0.25) is 0 Å². The highest BCUT2D eigenvalue weighted by Crippen LogP contribution is 2.24. The van der Waals surface area contributed by atoms with E-state index in [9.17, 15) is 0 Å². The van der Waals surface area contributed by atoms with E-state index in [2.05, 4.69) is 5.16 Å². The van der Waals surface area contributed by atoms with Crippen LogP contribution in [-0.4, -0.2) is 17.0 Å². The van der Waals surface area contributed by atoms with Crippen LogP contribution in [0.4, 0.5) is 0 Å². The second kappa shape index (κ2) is 5.01. The van der Waals surface area contributed by atoms with Crippen molar-refractivity contribution >= 4 is 5.71 Å². The smallest absolute Gasteiger partial charge is 0.120 e. The Kier molecular flexibility index (Phi) is 3.44. The molecule has 0 spiro atoms. The van der Waals surface area contributed by atoms with Crippen LogP contribution >= 0.6 is 0 Å². The van der Waals surface area contributed by atoms with Crippen LogP contribution in [0, 0.1) is 0 Å². The fourth-order valence-electron chi connectivity index (χ4n) is 2.05. The molecule has 1 N–H and O–H groups in total. The first kappa shape index (κ1) is 11.0. The Morgan fingerprint density at radius 2 is 2.12 bits per heavy atom. The van der Waals surface area contributed by atoms with Crippen LogP contribution in [0.25, 0.3) is 0 Å². The standard InChI is InChI=1S/C13H17NO2/c1-10(14-15)11-5-4-8-13(9-11)16-12-6-2-3-7-12/h4-5,8-9,12,15H,2-3,6-7H2,1H3/b14-10+. The highest BCUT2D eigenvalue weighted by molar-refractivity contribution is 5.98. The van der Waals surface area contributed by atoms with Gasteiger partial charge in [-0.3, -0.25) is 0 Å². The van der Waals surface area contributed by atoms with E-state index < -0.39 is 0 Å². The topological polar surface area (TPSA) is 41.8 Å². The number of hydrogen-bond acceptors (Lipinski definition) is 3. The number of hydrogen-bond donors (Lipinski definition) is 1. The summed E-state index contributed by atoms with van der Waals surface area (Å²) in [5.41, 5.74) is 1.51. The van der Waals surface area contributed by atoms with E-state index >= 15 is 0 Å². The lowest BCUT2D eigenvalue weighted by Crippen LogP contribution is -2.11. The maximum atomic E-state index is 8.71. The van der Waals surface area contributed by atoms with Crippen LogP contribution < -0.4 is 4.74 Å². The van der Waals surface area contributed by atoms with Crippen molar-refractivity contribution in [2.24, 2.45) is 5.16 Å². The molecule has 0 aromatic heterocycles. The third-order valence-electron chi connectivity index (χ3n) is 3.01. The Labute approximate surface area is 95.7 Å². The van der Waals surface area contributed by atoms with Crippen LogP contribution in [-0.2, 0) is 0 Å². The number of ether oxygens (including phenoxy) is 1. The van der Waals surface area contributed by atoms with Gasteiger partial charge in [-0.05, 0) is 44.7 Å². The van der Waals surface area contributed by atoms with Crippen molar-refractivity contribution in [3.8, 4) is 5.75 Å². The summed E-state index contributed by atoms with van der Waals surface area (Å²) < 4.78 is 5.87. The Morgan fingerprint density at radius 1 is 1.38 bits per heavy atom. The molecule has 0 atom stereocenters. The van der Waals surface area contributed by atoms with Gasteiger partial charge in [0.1, 0.15) is 5.75 Å². The molecule has 1 aliphatic carbocycles. The van der Waals surface area contributed by atoms with Gasteiger partial charge >= 0.3 is 0 Å². The lowest BCUT2D eigenvalue weighted by Gasteiger charge is -2.13. The lowest BCUT2D eigenvalue weighted by atomic mass is 10.1. The average molecular weight is 219 g/mol. The van der Waals surface area contributed by atoms with Crippen molar-refractivity contribution in [2.45, 2.75) is 38.7 Å². The summed E-state index contributed by atoms with van der Waals surface area (Å²) >= 11 is 0. The Morgan fingerprint density at radius 3 is 2.81 bits per heavy atom. The summed E-state index contributed by atoms with van der Waals surface area (Å²) in [4.78, 5) is 0. The minimum absolute atomic E-state index is 0.363. The van der Waals surface area contributed by atoms with E-state index in [4.69, 9.17) is 9.94 Å². The van der Waals surface area contributed by atoms with Crippen LogP contribution in [0.5, 0.6) is 5.75 Å². The highest BCUT2D eigenvalue weighted by Gasteiger charge is 2.16. The second-order valence-electron chi connectivity index (χ2n) is 4.24. The fourth-order valence-corrected chi connectivity index (χ4v) is 2.05. The predicted molar refractivity (Wildman–Crippen MR) is 63.3 cm³/mol. The maximum absolute atomic E-state index is 8.71. The zero-order chi connectivity index (χ0) is 11.4. The van der Waals surface area contributed by atoms with Crippen LogP contribution in [0.3, 0.4) is 0 Å². The molecule has 0 aliphatic heterocycles. The van der Waals surface area contributed by atoms with Crippen molar-refractivity contribution in [2.75, 3.05) is 0 Å². The fraction of sp³-hybridized carbons (Fsp3) is 0.462. The normalized spacial score (nSPS) is 17.7. The molecule has 0 heterocycles. The molecule has 2 rings (SSSR count). The van der Waals surface area contributed by atoms with E-state index in [-0.39, 0.29) is 0 Å². The van der Waals surface area contributed by atoms with Gasteiger partial charge in [0.2, 0.25) is 0 Å². The third-order valence-corrected chi connectivity index (χ3v) is 3.01. The summed E-state index contributed by atoms with van der Waals surface area (Å²) in [5.74, 6) is 0.868. The SMILES string of the molecule is C/C(=N\O)c1cccc(OC2CCCC2)c1. The molecule has 0 saturated heterocycles. The van der Waals surface area contributed by atoms with Gasteiger partial charge in [0.05, 0.1) is 11.8 Å². The molecular formula is C13H17NO2. The van der Waals surface area contributed by atoms with E-state index in [0.29, 0.717) is 11.8 Å². The molecule has 0 bridgehead atoms. The summed E-state index contributed by atoms with van der Waals surface area (Å²) in [7, 11) is 0. The minimum Gasteiger partial charge on any atom is -0.490 e. The summed E-state index contributed by atoms with van der Waals surface area (Å²) in [5, 5.41) is 11.9. The van der Waals surface area contributed by atoms with Crippen molar-refractivity contribution in [3.05, 3.63) is 29.8 Å². The van der Waals surface area contributed by atoms with E-state index in [0.717, 1.165) is 24.2 Å². The molecule has 3 nitrogen and oxygen atoms in total. The molecular weight excluding hydrogens is 202 g/mol. The zero-order valence-electron chi connectivity index (χ0n) is 9.52. The average Bonchev–Trinajstić information content (AvgIpc) is 2.81. The quantitative estimate of drug-likeness (QED) is 0.482. The van der Waals surface area contributed by atoms with E-state index in [1.165, 1.54) is 12.8 Å². The molecule has 1 aliphatic rings. The third kappa shape index (κ3) is 2.54. The first-order chi connectivity index (χ1) is 7.79. The Hall–Kier alpha value is -1.51. The molecule has 0 amide bonds. The Bertz CT molecular complexity index is 381. The van der Waals surface area contributed by atoms with Crippen molar-refractivity contribution in [3.63, 3.8) is 0 Å². The van der Waals surface area contributed by atoms with Gasteiger partial charge in [-0.1, -0.05) is 17.3 Å². The van der Waals surface area contributed by atoms with Gasteiger partial charge in [0, 0.05) is 5.56 Å². The number of nitrogens with zero attached hydrogens (tertiary/aromatic N) is 1. The molecule has 86 valence electrons. The zero-order valence-corrected chi connectivity index (χ0v) is 9.52. The van der Waals surface area contributed by atoms with Gasteiger partial charge in [0.25, 0.3) is 0 Å². The number of rotatable bonds is 3. The van der Waals surface area contributed by atoms with Gasteiger partial charge < -0.3 is 9.94 Å². The minimum atomic E-state index is 0.363. The number of oxime groups is 1. The van der Waals surface area contributed by atoms with Crippen molar-refractivity contribution < 1.29 is 9.94 Å². The Balaban J connectivity index is 2.09. The first-order valence-corrected chi connectivity index (χ1v) is 5.75. The molecule has 3 heteroatoms. The largest absolute Gasteiger partial charge is 0.490 e. The molecule has 1 aromatic rings. The van der Waals surface area contributed by atoms with Crippen molar-refractivity contribution in [1.29, 1.82) is 0 Å². The van der Waals surface area contributed by atoms with Crippen LogP contribution in [0.15, 0.2) is 29.4 Å². The highest BCUT2D eigenvalue weighted by atomic mass is 16.5. The summed E-state index contributed by atoms with van der Waals surface area (Å²) in [6, 6.07) is 7.71. The number of benzene rings is 1. The van der Waals surface area contributed by atoms with Gasteiger partial charge in [-0.15, -0.1) is 0 Å². The van der Waals surface area contributed by atoms with E-state index in [1.54, 1.807) is 6.92 Å². The van der Waals surface area contributed by atoms with E-state index in [1.807, 2.05) is 24.3 Å². The van der Waals surface area contributed by atoms with Gasteiger partial charge in [-0.25, -0.2) is 0 Å². The molecule has 0 radical (unpaired) electrons. The molecule has 16 heavy (non-hydrogen) atoms. The maximum Gasteiger partial charge on any atom is 0.120 e. The molecule has 1 saturated carbocycles. The first-order valence-electron chi connectivity index (χ1n) is 5.75. The summed E-state index contributed by atoms with van der Waals surface area (Å²) in [6.45, 7) is 1.77. The molecule has 1 fully saturated rings. The lowest BCUT2D eigenvalue weighted by molar-refractivity contribution is 0.210. The monoisotopic (exact) mass is 219 g/mol. The van der Waals surface area contributed by atoms with Crippen molar-refractivity contribution in [1.82, 2.24) is 0 Å². The second-order valence-corrected chi connectivity index (χ2v) is 4.24. The summed E-state index contributed by atoms with van der Waals surface area (Å²) in [6.07, 6.45) is 5.19. The van der Waals surface area contributed by atoms with Gasteiger partial charge in [0.15, 0.2) is 0 Å². The molecule has 0 unspecified atom stereocenters. The molecule has 1 aromatic carbocycles. The predicted octanol–water partition coefficient (Wildman–Crippen LogP) is 3.21. The van der Waals surface area contributed by atoms with Gasteiger partial charge in [-0.2, -0.15) is 0 Å².